The Morgan fingerprint density at radius 2 is 0.905 bits per heavy atom. The van der Waals surface area contributed by atoms with Gasteiger partial charge >= 0.3 is 0 Å². The second-order valence-electron chi connectivity index (χ2n) is 10.6. The molecule has 0 bridgehead atoms. The minimum absolute atomic E-state index is 0.180. The predicted octanol–water partition coefficient (Wildman–Crippen LogP) is 8.82. The number of nitrogens with zero attached hydrogens (tertiary/aromatic N) is 2. The fourth-order valence-electron chi connectivity index (χ4n) is 6.51. The average molecular weight is 563 g/mol. The molecule has 0 amide bonds. The van der Waals surface area contributed by atoms with Gasteiger partial charge in [0.25, 0.3) is 0 Å². The van der Waals surface area contributed by atoms with E-state index in [0.717, 1.165) is 44.2 Å². The largest absolute Gasteiger partial charge is 0.455 e. The van der Waals surface area contributed by atoms with Crippen molar-refractivity contribution in [3.05, 3.63) is 133 Å². The van der Waals surface area contributed by atoms with Crippen molar-refractivity contribution in [2.24, 2.45) is 0 Å². The summed E-state index contributed by atoms with van der Waals surface area (Å²) in [7, 11) is -3.68. The smallest absolute Gasteiger partial charge is 0.213 e. The molecule has 0 unspecified atom stereocenters. The van der Waals surface area contributed by atoms with E-state index in [1.807, 2.05) is 18.2 Å². The summed E-state index contributed by atoms with van der Waals surface area (Å²) in [5.41, 5.74) is 6.30. The maximum Gasteiger partial charge on any atom is 0.213 e. The number of rotatable bonds is 2. The van der Waals surface area contributed by atoms with E-state index in [2.05, 4.69) is 94.1 Å². The topological polar surface area (TPSA) is 53.2 Å². The van der Waals surface area contributed by atoms with Crippen LogP contribution in [0.15, 0.2) is 143 Å². The maximum absolute atomic E-state index is 13.4. The molecule has 0 spiro atoms. The molecular formula is C36H22N2O3S. The third-order valence-corrected chi connectivity index (χ3v) is 10.2. The Hall–Kier alpha value is -5.33. The molecule has 6 aromatic carbocycles. The van der Waals surface area contributed by atoms with Crippen LogP contribution in [0.3, 0.4) is 0 Å². The fourth-order valence-corrected chi connectivity index (χ4v) is 7.99. The van der Waals surface area contributed by atoms with E-state index in [-0.39, 0.29) is 9.79 Å². The van der Waals surface area contributed by atoms with Gasteiger partial charge in [0, 0.05) is 39.0 Å². The van der Waals surface area contributed by atoms with E-state index in [1.54, 1.807) is 30.3 Å². The van der Waals surface area contributed by atoms with Crippen molar-refractivity contribution < 1.29 is 13.2 Å². The SMILES string of the molecule is O=S1(=O)c2ccccc2Oc2cc(-n3c4ccccc4c4cc(-n5c6ccccc6c6ccccc65)ccc43)ccc21. The lowest BCUT2D eigenvalue weighted by molar-refractivity contribution is 0.443. The van der Waals surface area contributed by atoms with Crippen molar-refractivity contribution in [2.45, 2.75) is 9.79 Å². The second kappa shape index (κ2) is 8.35. The lowest BCUT2D eigenvalue weighted by atomic mass is 10.1. The Balaban J connectivity index is 1.28. The highest BCUT2D eigenvalue weighted by atomic mass is 32.2. The van der Waals surface area contributed by atoms with Crippen LogP contribution in [0.1, 0.15) is 0 Å². The molecule has 8 aromatic rings. The van der Waals surface area contributed by atoms with Gasteiger partial charge in [-0.25, -0.2) is 8.42 Å². The van der Waals surface area contributed by atoms with Crippen LogP contribution in [0.2, 0.25) is 0 Å². The molecule has 1 aliphatic rings. The van der Waals surface area contributed by atoms with E-state index < -0.39 is 9.84 Å². The standard InChI is InChI=1S/C36H22N2O3S/c39-42(40)35-16-8-7-15-33(35)41-34-22-24(18-20-36(34)42)38-31-14-6-3-11-27(31)28-21-23(17-19-32(28)38)37-29-12-4-1-9-25(29)26-10-2-5-13-30(26)37/h1-22H. The molecule has 0 saturated carbocycles. The van der Waals surface area contributed by atoms with Crippen molar-refractivity contribution in [2.75, 3.05) is 0 Å². The number of fused-ring (bicyclic) bond motifs is 8. The summed E-state index contributed by atoms with van der Waals surface area (Å²) in [6.07, 6.45) is 0. The molecule has 0 saturated heterocycles. The van der Waals surface area contributed by atoms with Crippen LogP contribution in [-0.2, 0) is 9.84 Å². The Kier molecular flexibility index (Phi) is 4.65. The maximum atomic E-state index is 13.4. The van der Waals surface area contributed by atoms with E-state index in [1.165, 1.54) is 10.8 Å². The van der Waals surface area contributed by atoms with Crippen molar-refractivity contribution in [1.82, 2.24) is 9.13 Å². The summed E-state index contributed by atoms with van der Waals surface area (Å²) in [5, 5.41) is 4.68. The Labute approximate surface area is 241 Å². The molecule has 3 heterocycles. The van der Waals surface area contributed by atoms with E-state index >= 15 is 0 Å². The lowest BCUT2D eigenvalue weighted by Gasteiger charge is -2.21. The minimum atomic E-state index is -3.68. The van der Waals surface area contributed by atoms with Gasteiger partial charge in [0.15, 0.2) is 0 Å². The molecule has 2 aromatic heterocycles. The van der Waals surface area contributed by atoms with E-state index in [0.29, 0.717) is 11.5 Å². The van der Waals surface area contributed by atoms with Crippen LogP contribution in [-0.4, -0.2) is 17.6 Å². The number of hydrogen-bond acceptors (Lipinski definition) is 3. The highest BCUT2D eigenvalue weighted by Crippen LogP contribution is 2.44. The zero-order valence-electron chi connectivity index (χ0n) is 22.2. The number of aromatic nitrogens is 2. The van der Waals surface area contributed by atoms with Crippen molar-refractivity contribution in [3.8, 4) is 22.9 Å². The van der Waals surface area contributed by atoms with Crippen LogP contribution < -0.4 is 4.74 Å². The molecule has 0 N–H and O–H groups in total. The first-order valence-electron chi connectivity index (χ1n) is 13.8. The van der Waals surface area contributed by atoms with Crippen molar-refractivity contribution in [3.63, 3.8) is 0 Å². The average Bonchev–Trinajstić information content (AvgIpc) is 3.53. The van der Waals surface area contributed by atoms with Crippen LogP contribution >= 0.6 is 0 Å². The molecule has 200 valence electrons. The summed E-state index contributed by atoms with van der Waals surface area (Å²) in [6, 6.07) is 44.0. The molecule has 5 nitrogen and oxygen atoms in total. The predicted molar refractivity (Wildman–Crippen MR) is 167 cm³/mol. The molecule has 0 fully saturated rings. The van der Waals surface area contributed by atoms with Gasteiger partial charge in [-0.15, -0.1) is 0 Å². The first-order valence-corrected chi connectivity index (χ1v) is 15.3. The molecule has 0 atom stereocenters. The summed E-state index contributed by atoms with van der Waals surface area (Å²) < 4.78 is 37.4. The number of ether oxygens (including phenoxy) is 1. The normalized spacial score (nSPS) is 13.8. The third kappa shape index (κ3) is 3.10. The molecule has 9 rings (SSSR count). The van der Waals surface area contributed by atoms with Gasteiger partial charge in [0.2, 0.25) is 9.84 Å². The fraction of sp³-hybridized carbons (Fsp3) is 0. The number of benzene rings is 6. The second-order valence-corrected chi connectivity index (χ2v) is 12.5. The van der Waals surface area contributed by atoms with Gasteiger partial charge in [-0.1, -0.05) is 66.7 Å². The quantitative estimate of drug-likeness (QED) is 0.212. The van der Waals surface area contributed by atoms with Crippen LogP contribution in [0.25, 0.3) is 55.0 Å². The summed E-state index contributed by atoms with van der Waals surface area (Å²) >= 11 is 0. The molecule has 0 radical (unpaired) electrons. The van der Waals surface area contributed by atoms with Gasteiger partial charge in [0.1, 0.15) is 21.3 Å². The number of para-hydroxylation sites is 4. The van der Waals surface area contributed by atoms with E-state index in [9.17, 15) is 8.42 Å². The van der Waals surface area contributed by atoms with Gasteiger partial charge in [-0.05, 0) is 60.7 Å². The van der Waals surface area contributed by atoms with Crippen molar-refractivity contribution in [1.29, 1.82) is 0 Å². The Morgan fingerprint density at radius 1 is 0.429 bits per heavy atom. The highest BCUT2D eigenvalue weighted by molar-refractivity contribution is 7.91. The molecule has 1 aliphatic heterocycles. The molecule has 0 aliphatic carbocycles. The van der Waals surface area contributed by atoms with Crippen LogP contribution in [0.5, 0.6) is 11.5 Å². The third-order valence-electron chi connectivity index (χ3n) is 8.33. The zero-order chi connectivity index (χ0) is 28.0. The summed E-state index contributed by atoms with van der Waals surface area (Å²) in [5.74, 6) is 0.680. The van der Waals surface area contributed by atoms with Gasteiger partial charge in [0.05, 0.1) is 22.1 Å². The van der Waals surface area contributed by atoms with Crippen molar-refractivity contribution >= 4 is 53.4 Å². The Morgan fingerprint density at radius 3 is 1.57 bits per heavy atom. The Bertz CT molecular complexity index is 2470. The minimum Gasteiger partial charge on any atom is -0.455 e. The molecule has 6 heteroatoms. The van der Waals surface area contributed by atoms with Crippen LogP contribution in [0, 0.1) is 0 Å². The zero-order valence-corrected chi connectivity index (χ0v) is 23.0. The first-order chi connectivity index (χ1) is 20.6. The summed E-state index contributed by atoms with van der Waals surface area (Å²) in [6.45, 7) is 0. The van der Waals surface area contributed by atoms with Crippen LogP contribution in [0.4, 0.5) is 0 Å². The van der Waals surface area contributed by atoms with Gasteiger partial charge in [-0.2, -0.15) is 0 Å². The first kappa shape index (κ1) is 23.4. The molecular weight excluding hydrogens is 540 g/mol. The summed E-state index contributed by atoms with van der Waals surface area (Å²) in [4.78, 5) is 0.374. The number of hydrogen-bond donors (Lipinski definition) is 0. The lowest BCUT2D eigenvalue weighted by Crippen LogP contribution is -2.11. The number of sulfone groups is 1. The molecule has 42 heavy (non-hydrogen) atoms. The monoisotopic (exact) mass is 562 g/mol. The van der Waals surface area contributed by atoms with Gasteiger partial charge < -0.3 is 13.9 Å². The van der Waals surface area contributed by atoms with Gasteiger partial charge in [-0.3, -0.25) is 0 Å². The van der Waals surface area contributed by atoms with E-state index in [4.69, 9.17) is 4.74 Å². The highest BCUT2D eigenvalue weighted by Gasteiger charge is 2.31.